The lowest BCUT2D eigenvalue weighted by Crippen LogP contribution is -1.94. The first-order valence-electron chi connectivity index (χ1n) is 8.47. The molecule has 1 aromatic heterocycles. The summed E-state index contributed by atoms with van der Waals surface area (Å²) in [5, 5.41) is 10.0. The second-order valence-corrected chi connectivity index (χ2v) is 8.24. The highest BCUT2D eigenvalue weighted by Crippen LogP contribution is 2.35. The smallest absolute Gasteiger partial charge is 0.347 e. The van der Waals surface area contributed by atoms with Gasteiger partial charge in [-0.15, -0.1) is 11.3 Å². The Morgan fingerprint density at radius 3 is 2.59 bits per heavy atom. The SMILES string of the molecule is CN=CCc1cc(-c2nc(C)c(C(=O)O)s2)ccc1Sc1ccc(C)cc1. The number of aliphatic imine (C=N–C) groups is 1. The van der Waals surface area contributed by atoms with E-state index in [-0.39, 0.29) is 0 Å². The Hall–Kier alpha value is -2.44. The van der Waals surface area contributed by atoms with E-state index < -0.39 is 5.97 Å². The quantitative estimate of drug-likeness (QED) is 0.557. The third-order valence-electron chi connectivity index (χ3n) is 4.04. The minimum absolute atomic E-state index is 0.291. The van der Waals surface area contributed by atoms with E-state index in [1.165, 1.54) is 21.8 Å². The standard InChI is InChI=1S/C21H20N2O2S2/c1-13-4-7-17(8-5-13)26-18-9-6-16(12-15(18)10-11-22-3)20-23-14(2)19(27-20)21(24)25/h4-9,11-12H,10H2,1-3H3,(H,24,25). The molecule has 27 heavy (non-hydrogen) atoms. The van der Waals surface area contributed by atoms with Crippen LogP contribution < -0.4 is 0 Å². The van der Waals surface area contributed by atoms with Gasteiger partial charge in [-0.05, 0) is 43.7 Å². The normalized spacial score (nSPS) is 11.2. The molecule has 0 aliphatic heterocycles. The molecule has 0 aliphatic rings. The number of hydrogen-bond donors (Lipinski definition) is 1. The van der Waals surface area contributed by atoms with Gasteiger partial charge in [-0.25, -0.2) is 9.78 Å². The van der Waals surface area contributed by atoms with Crippen LogP contribution in [0.15, 0.2) is 57.2 Å². The zero-order valence-corrected chi connectivity index (χ0v) is 17.0. The number of carboxylic acids is 1. The van der Waals surface area contributed by atoms with Gasteiger partial charge in [-0.3, -0.25) is 0 Å². The lowest BCUT2D eigenvalue weighted by Gasteiger charge is -2.10. The summed E-state index contributed by atoms with van der Waals surface area (Å²) in [6.45, 7) is 3.81. The van der Waals surface area contributed by atoms with E-state index in [9.17, 15) is 9.90 Å². The molecule has 0 radical (unpaired) electrons. The van der Waals surface area contributed by atoms with E-state index in [0.29, 0.717) is 17.0 Å². The summed E-state index contributed by atoms with van der Waals surface area (Å²) in [6, 6.07) is 14.6. The summed E-state index contributed by atoms with van der Waals surface area (Å²) in [7, 11) is 1.76. The Kier molecular flexibility index (Phi) is 6.08. The lowest BCUT2D eigenvalue weighted by atomic mass is 10.1. The number of carbonyl (C=O) groups is 1. The molecule has 6 heteroatoms. The Morgan fingerprint density at radius 2 is 1.96 bits per heavy atom. The molecule has 0 unspecified atom stereocenters. The zero-order valence-electron chi connectivity index (χ0n) is 15.4. The molecule has 1 heterocycles. The van der Waals surface area contributed by atoms with Gasteiger partial charge in [-0.1, -0.05) is 35.5 Å². The molecule has 0 bridgehead atoms. The number of nitrogens with zero attached hydrogens (tertiary/aromatic N) is 2. The van der Waals surface area contributed by atoms with E-state index in [1.54, 1.807) is 25.7 Å². The number of thiazole rings is 1. The average Bonchev–Trinajstić information content (AvgIpc) is 3.04. The third-order valence-corrected chi connectivity index (χ3v) is 6.36. The number of aromatic carboxylic acids is 1. The predicted octanol–water partition coefficient (Wildman–Crippen LogP) is 5.52. The fourth-order valence-corrected chi connectivity index (χ4v) is 4.45. The predicted molar refractivity (Wildman–Crippen MR) is 113 cm³/mol. The number of benzene rings is 2. The van der Waals surface area contributed by atoms with Crippen LogP contribution in [0.25, 0.3) is 10.6 Å². The maximum absolute atomic E-state index is 11.3. The van der Waals surface area contributed by atoms with Crippen LogP contribution in [0.2, 0.25) is 0 Å². The van der Waals surface area contributed by atoms with Crippen molar-refractivity contribution in [3.05, 3.63) is 64.2 Å². The van der Waals surface area contributed by atoms with Crippen molar-refractivity contribution in [1.82, 2.24) is 4.98 Å². The lowest BCUT2D eigenvalue weighted by molar-refractivity contribution is 0.0701. The topological polar surface area (TPSA) is 62.5 Å². The Morgan fingerprint density at radius 1 is 1.22 bits per heavy atom. The van der Waals surface area contributed by atoms with Crippen LogP contribution in [0.3, 0.4) is 0 Å². The highest BCUT2D eigenvalue weighted by atomic mass is 32.2. The molecule has 1 N–H and O–H groups in total. The minimum Gasteiger partial charge on any atom is -0.477 e. The van der Waals surface area contributed by atoms with Gasteiger partial charge < -0.3 is 10.1 Å². The van der Waals surface area contributed by atoms with E-state index in [2.05, 4.69) is 53.3 Å². The molecule has 0 fully saturated rings. The fourth-order valence-electron chi connectivity index (χ4n) is 2.61. The maximum Gasteiger partial charge on any atom is 0.347 e. The van der Waals surface area contributed by atoms with Gasteiger partial charge >= 0.3 is 5.97 Å². The van der Waals surface area contributed by atoms with Gasteiger partial charge in [0, 0.05) is 35.0 Å². The van der Waals surface area contributed by atoms with Gasteiger partial charge in [0.2, 0.25) is 0 Å². The summed E-state index contributed by atoms with van der Waals surface area (Å²) < 4.78 is 0. The summed E-state index contributed by atoms with van der Waals surface area (Å²) in [5.74, 6) is -0.930. The van der Waals surface area contributed by atoms with Gasteiger partial charge in [0.15, 0.2) is 0 Å². The van der Waals surface area contributed by atoms with E-state index in [0.717, 1.165) is 21.0 Å². The molecule has 138 valence electrons. The van der Waals surface area contributed by atoms with E-state index in [1.807, 2.05) is 12.3 Å². The van der Waals surface area contributed by atoms with Crippen molar-refractivity contribution in [2.45, 2.75) is 30.1 Å². The monoisotopic (exact) mass is 396 g/mol. The molecule has 0 aliphatic carbocycles. The minimum atomic E-state index is -0.930. The van der Waals surface area contributed by atoms with E-state index in [4.69, 9.17) is 0 Å². The fraction of sp³-hybridized carbons (Fsp3) is 0.190. The highest BCUT2D eigenvalue weighted by molar-refractivity contribution is 7.99. The van der Waals surface area contributed by atoms with Crippen molar-refractivity contribution in [3.8, 4) is 10.6 Å². The molecule has 2 aromatic carbocycles. The highest BCUT2D eigenvalue weighted by Gasteiger charge is 2.16. The van der Waals surface area contributed by atoms with Gasteiger partial charge in [0.25, 0.3) is 0 Å². The van der Waals surface area contributed by atoms with Crippen molar-refractivity contribution in [2.75, 3.05) is 7.05 Å². The van der Waals surface area contributed by atoms with Crippen molar-refractivity contribution >= 4 is 35.3 Å². The summed E-state index contributed by atoms with van der Waals surface area (Å²) in [4.78, 5) is 22.5. The first-order valence-corrected chi connectivity index (χ1v) is 10.1. The van der Waals surface area contributed by atoms with Crippen molar-refractivity contribution in [1.29, 1.82) is 0 Å². The van der Waals surface area contributed by atoms with Crippen LogP contribution in [-0.2, 0) is 6.42 Å². The number of rotatable bonds is 6. The van der Waals surface area contributed by atoms with E-state index >= 15 is 0 Å². The van der Waals surface area contributed by atoms with Crippen molar-refractivity contribution < 1.29 is 9.90 Å². The number of aromatic nitrogens is 1. The first kappa shape index (κ1) is 19.3. The largest absolute Gasteiger partial charge is 0.477 e. The van der Waals surface area contributed by atoms with Crippen LogP contribution in [0.5, 0.6) is 0 Å². The number of aryl methyl sites for hydroxylation is 2. The third kappa shape index (κ3) is 4.64. The van der Waals surface area contributed by atoms with Gasteiger partial charge in [-0.2, -0.15) is 0 Å². The van der Waals surface area contributed by atoms with Crippen LogP contribution in [0, 0.1) is 13.8 Å². The van der Waals surface area contributed by atoms with Gasteiger partial charge in [0.1, 0.15) is 9.88 Å². The molecule has 0 amide bonds. The molecule has 3 aromatic rings. The van der Waals surface area contributed by atoms with Gasteiger partial charge in [0.05, 0.1) is 5.69 Å². The van der Waals surface area contributed by atoms with Crippen LogP contribution in [0.4, 0.5) is 0 Å². The summed E-state index contributed by atoms with van der Waals surface area (Å²) >= 11 is 2.93. The Bertz CT molecular complexity index is 992. The molecule has 0 spiro atoms. The molecule has 4 nitrogen and oxygen atoms in total. The van der Waals surface area contributed by atoms with Crippen LogP contribution in [0.1, 0.15) is 26.5 Å². The number of carboxylic acid groups (broad SMARTS) is 1. The van der Waals surface area contributed by atoms with Crippen molar-refractivity contribution in [2.24, 2.45) is 4.99 Å². The maximum atomic E-state index is 11.3. The average molecular weight is 397 g/mol. The molecule has 3 rings (SSSR count). The molecular weight excluding hydrogens is 376 g/mol. The second-order valence-electron chi connectivity index (χ2n) is 6.12. The van der Waals surface area contributed by atoms with Crippen LogP contribution >= 0.6 is 23.1 Å². The zero-order chi connectivity index (χ0) is 19.4. The second kappa shape index (κ2) is 8.50. The van der Waals surface area contributed by atoms with Crippen LogP contribution in [-0.4, -0.2) is 29.3 Å². The molecular formula is C21H20N2O2S2. The summed E-state index contributed by atoms with van der Waals surface area (Å²) in [5.41, 5.74) is 3.87. The van der Waals surface area contributed by atoms with Crippen molar-refractivity contribution in [3.63, 3.8) is 0 Å². The summed E-state index contributed by atoms with van der Waals surface area (Å²) in [6.07, 6.45) is 2.60. The molecule has 0 atom stereocenters. The Labute approximate surface area is 167 Å². The molecule has 0 saturated carbocycles. The molecule has 0 saturated heterocycles. The number of hydrogen-bond acceptors (Lipinski definition) is 5. The first-order chi connectivity index (χ1) is 13.0. The Balaban J connectivity index is 1.97.